The van der Waals surface area contributed by atoms with Crippen molar-refractivity contribution in [3.63, 3.8) is 0 Å². The zero-order valence-electron chi connectivity index (χ0n) is 7.68. The van der Waals surface area contributed by atoms with E-state index >= 15 is 0 Å². The lowest BCUT2D eigenvalue weighted by Crippen LogP contribution is -2.23. The molecule has 0 N–H and O–H groups in total. The van der Waals surface area contributed by atoms with Crippen LogP contribution in [0.5, 0.6) is 0 Å². The quantitative estimate of drug-likeness (QED) is 0.537. The van der Waals surface area contributed by atoms with Gasteiger partial charge in [0.05, 0.1) is 6.07 Å². The average molecular weight is 163 g/mol. The molecule has 0 atom stereocenters. The molecule has 0 aliphatic heterocycles. The van der Waals surface area contributed by atoms with Gasteiger partial charge < -0.3 is 0 Å². The molecule has 0 aromatic rings. The monoisotopic (exact) mass is 163 g/mol. The molecular weight excluding hydrogens is 146 g/mol. The van der Waals surface area contributed by atoms with Crippen molar-refractivity contribution in [2.24, 2.45) is 11.3 Å². The third kappa shape index (κ3) is 1.35. The summed E-state index contributed by atoms with van der Waals surface area (Å²) < 4.78 is 0. The molecule has 0 saturated heterocycles. The third-order valence-corrected chi connectivity index (χ3v) is 3.89. The Labute approximate surface area is 74.8 Å². The van der Waals surface area contributed by atoms with Crippen LogP contribution in [0, 0.1) is 22.7 Å². The molecule has 66 valence electrons. The van der Waals surface area contributed by atoms with Gasteiger partial charge in [0.2, 0.25) is 0 Å². The normalized spacial score (nSPS) is 28.9. The molecule has 0 unspecified atom stereocenters. The highest BCUT2D eigenvalue weighted by molar-refractivity contribution is 4.94. The third-order valence-electron chi connectivity index (χ3n) is 3.89. The molecule has 0 heterocycles. The highest BCUT2D eigenvalue weighted by atomic mass is 14.4. The highest BCUT2D eigenvalue weighted by Crippen LogP contribution is 2.49. The number of nitriles is 1. The van der Waals surface area contributed by atoms with Crippen molar-refractivity contribution >= 4 is 0 Å². The zero-order chi connectivity index (χ0) is 8.44. The number of nitrogens with zero attached hydrogens (tertiary/aromatic N) is 1. The predicted octanol–water partition coefficient (Wildman–Crippen LogP) is 3.26. The first kappa shape index (κ1) is 8.10. The van der Waals surface area contributed by atoms with E-state index in [9.17, 15) is 0 Å². The Hall–Kier alpha value is -0.510. The van der Waals surface area contributed by atoms with Gasteiger partial charge in [0, 0.05) is 5.92 Å². The SMILES string of the molecule is N#CC1CCC2(CCCC2)CC1. The van der Waals surface area contributed by atoms with Crippen molar-refractivity contribution < 1.29 is 0 Å². The van der Waals surface area contributed by atoms with Gasteiger partial charge in [0.15, 0.2) is 0 Å². The van der Waals surface area contributed by atoms with Crippen LogP contribution >= 0.6 is 0 Å². The lowest BCUT2D eigenvalue weighted by atomic mass is 9.70. The van der Waals surface area contributed by atoms with Crippen molar-refractivity contribution in [1.82, 2.24) is 0 Å². The largest absolute Gasteiger partial charge is 0.198 e. The van der Waals surface area contributed by atoms with Crippen LogP contribution in [0.1, 0.15) is 51.4 Å². The summed E-state index contributed by atoms with van der Waals surface area (Å²) in [6.45, 7) is 0. The first-order chi connectivity index (χ1) is 5.85. The van der Waals surface area contributed by atoms with Gasteiger partial charge in [0.25, 0.3) is 0 Å². The molecule has 12 heavy (non-hydrogen) atoms. The maximum absolute atomic E-state index is 8.77. The summed E-state index contributed by atoms with van der Waals surface area (Å²) in [5.41, 5.74) is 0.702. The van der Waals surface area contributed by atoms with Gasteiger partial charge in [-0.3, -0.25) is 0 Å². The van der Waals surface area contributed by atoms with Crippen LogP contribution in [0.3, 0.4) is 0 Å². The van der Waals surface area contributed by atoms with Crippen LogP contribution in [0.4, 0.5) is 0 Å². The maximum atomic E-state index is 8.77. The van der Waals surface area contributed by atoms with Crippen LogP contribution < -0.4 is 0 Å². The van der Waals surface area contributed by atoms with E-state index in [0.29, 0.717) is 11.3 Å². The van der Waals surface area contributed by atoms with Crippen LogP contribution in [0.25, 0.3) is 0 Å². The first-order valence-corrected chi connectivity index (χ1v) is 5.24. The van der Waals surface area contributed by atoms with E-state index in [1.165, 1.54) is 51.4 Å². The molecule has 1 heteroatoms. The summed E-state index contributed by atoms with van der Waals surface area (Å²) in [5, 5.41) is 8.77. The molecule has 1 spiro atoms. The second kappa shape index (κ2) is 3.09. The minimum absolute atomic E-state index is 0.385. The molecule has 2 aliphatic carbocycles. The molecule has 2 rings (SSSR count). The number of rotatable bonds is 0. The zero-order valence-corrected chi connectivity index (χ0v) is 7.68. The van der Waals surface area contributed by atoms with Crippen LogP contribution in [0.15, 0.2) is 0 Å². The lowest BCUT2D eigenvalue weighted by molar-refractivity contribution is 0.175. The van der Waals surface area contributed by atoms with E-state index in [4.69, 9.17) is 5.26 Å². The van der Waals surface area contributed by atoms with Crippen molar-refractivity contribution in [1.29, 1.82) is 5.26 Å². The Kier molecular flexibility index (Phi) is 2.09. The fourth-order valence-corrected chi connectivity index (χ4v) is 2.98. The van der Waals surface area contributed by atoms with Gasteiger partial charge in [-0.1, -0.05) is 12.8 Å². The van der Waals surface area contributed by atoms with Gasteiger partial charge in [-0.2, -0.15) is 5.26 Å². The van der Waals surface area contributed by atoms with E-state index < -0.39 is 0 Å². The Morgan fingerprint density at radius 1 is 1.00 bits per heavy atom. The first-order valence-electron chi connectivity index (χ1n) is 5.24. The van der Waals surface area contributed by atoms with Gasteiger partial charge in [-0.15, -0.1) is 0 Å². The topological polar surface area (TPSA) is 23.8 Å². The standard InChI is InChI=1S/C11H17N/c12-9-10-3-7-11(8-4-10)5-1-2-6-11/h10H,1-8H2. The van der Waals surface area contributed by atoms with Crippen molar-refractivity contribution in [3.8, 4) is 6.07 Å². The second-order valence-electron chi connectivity index (χ2n) is 4.61. The molecule has 2 aliphatic rings. The molecule has 2 fully saturated rings. The van der Waals surface area contributed by atoms with E-state index in [-0.39, 0.29) is 0 Å². The van der Waals surface area contributed by atoms with Gasteiger partial charge in [-0.05, 0) is 43.9 Å². The van der Waals surface area contributed by atoms with Gasteiger partial charge in [-0.25, -0.2) is 0 Å². The summed E-state index contributed by atoms with van der Waals surface area (Å²) in [6.07, 6.45) is 10.8. The van der Waals surface area contributed by atoms with Crippen LogP contribution in [-0.4, -0.2) is 0 Å². The number of hydrogen-bond donors (Lipinski definition) is 0. The molecule has 2 saturated carbocycles. The minimum atomic E-state index is 0.385. The van der Waals surface area contributed by atoms with Gasteiger partial charge in [0.1, 0.15) is 0 Å². The van der Waals surface area contributed by atoms with Crippen LogP contribution in [0.2, 0.25) is 0 Å². The van der Waals surface area contributed by atoms with Crippen molar-refractivity contribution in [2.45, 2.75) is 51.4 Å². The fraction of sp³-hybridized carbons (Fsp3) is 0.909. The summed E-state index contributed by atoms with van der Waals surface area (Å²) in [6, 6.07) is 2.41. The second-order valence-corrected chi connectivity index (χ2v) is 4.61. The average Bonchev–Trinajstić information content (AvgIpc) is 2.55. The number of hydrogen-bond acceptors (Lipinski definition) is 1. The Balaban J connectivity index is 1.93. The maximum Gasteiger partial charge on any atom is 0.0655 e. The summed E-state index contributed by atoms with van der Waals surface area (Å²) in [7, 11) is 0. The van der Waals surface area contributed by atoms with Crippen molar-refractivity contribution in [2.75, 3.05) is 0 Å². The molecule has 0 aromatic carbocycles. The van der Waals surface area contributed by atoms with E-state index in [0.717, 1.165) is 0 Å². The molecule has 0 bridgehead atoms. The molecule has 1 nitrogen and oxygen atoms in total. The highest BCUT2D eigenvalue weighted by Gasteiger charge is 2.37. The molecular formula is C11H17N. The summed E-state index contributed by atoms with van der Waals surface area (Å²) in [5.74, 6) is 0.385. The van der Waals surface area contributed by atoms with E-state index in [1.54, 1.807) is 0 Å². The van der Waals surface area contributed by atoms with E-state index in [2.05, 4.69) is 6.07 Å². The minimum Gasteiger partial charge on any atom is -0.198 e. The molecule has 0 aromatic heterocycles. The predicted molar refractivity (Wildman–Crippen MR) is 48.5 cm³/mol. The molecule has 0 radical (unpaired) electrons. The summed E-state index contributed by atoms with van der Waals surface area (Å²) >= 11 is 0. The Bertz CT molecular complexity index is 186. The van der Waals surface area contributed by atoms with E-state index in [1.807, 2.05) is 0 Å². The van der Waals surface area contributed by atoms with Crippen LogP contribution in [-0.2, 0) is 0 Å². The smallest absolute Gasteiger partial charge is 0.0655 e. The summed E-state index contributed by atoms with van der Waals surface area (Å²) in [4.78, 5) is 0. The fourth-order valence-electron chi connectivity index (χ4n) is 2.98. The lowest BCUT2D eigenvalue weighted by Gasteiger charge is -2.35. The van der Waals surface area contributed by atoms with Gasteiger partial charge >= 0.3 is 0 Å². The van der Waals surface area contributed by atoms with Crippen molar-refractivity contribution in [3.05, 3.63) is 0 Å². The Morgan fingerprint density at radius 2 is 1.58 bits per heavy atom. The Morgan fingerprint density at radius 3 is 2.08 bits per heavy atom. The molecule has 0 amide bonds.